The maximum absolute atomic E-state index is 12.8. The molecule has 1 atom stereocenters. The number of morpholine rings is 1. The summed E-state index contributed by atoms with van der Waals surface area (Å²) in [4.78, 5) is 28.2. The zero-order valence-corrected chi connectivity index (χ0v) is 18.6. The van der Waals surface area contributed by atoms with E-state index in [2.05, 4.69) is 16.0 Å². The first-order valence-corrected chi connectivity index (χ1v) is 10.5. The van der Waals surface area contributed by atoms with E-state index < -0.39 is 0 Å². The van der Waals surface area contributed by atoms with Crippen LogP contribution in [0.4, 0.5) is 5.82 Å². The van der Waals surface area contributed by atoms with E-state index in [-0.39, 0.29) is 12.0 Å². The molecule has 1 aromatic carbocycles. The Bertz CT molecular complexity index is 1080. The second kappa shape index (κ2) is 8.99. The van der Waals surface area contributed by atoms with Crippen LogP contribution in [0.1, 0.15) is 27.7 Å². The third-order valence-corrected chi connectivity index (χ3v) is 5.54. The van der Waals surface area contributed by atoms with Gasteiger partial charge in [-0.3, -0.25) is 9.69 Å². The molecule has 3 aromatic rings. The second-order valence-electron chi connectivity index (χ2n) is 8.29. The van der Waals surface area contributed by atoms with Crippen molar-refractivity contribution in [3.63, 3.8) is 0 Å². The van der Waals surface area contributed by atoms with Crippen molar-refractivity contribution in [1.82, 2.24) is 19.8 Å². The summed E-state index contributed by atoms with van der Waals surface area (Å²) in [6, 6.07) is 13.8. The van der Waals surface area contributed by atoms with E-state index in [1.165, 1.54) is 5.56 Å². The van der Waals surface area contributed by atoms with Gasteiger partial charge in [0.1, 0.15) is 11.9 Å². The molecule has 4 rings (SSSR count). The number of pyridine rings is 2. The van der Waals surface area contributed by atoms with Crippen LogP contribution in [0.25, 0.3) is 10.9 Å². The quantitative estimate of drug-likeness (QED) is 0.634. The number of nitrogens with zero attached hydrogens (tertiary/aromatic N) is 5. The van der Waals surface area contributed by atoms with E-state index >= 15 is 0 Å². The van der Waals surface area contributed by atoms with E-state index in [1.807, 2.05) is 61.6 Å². The molecule has 0 radical (unpaired) electrons. The summed E-state index contributed by atoms with van der Waals surface area (Å²) in [6.07, 6.45) is 1.63. The lowest BCUT2D eigenvalue weighted by molar-refractivity contribution is -0.0348. The second-order valence-corrected chi connectivity index (χ2v) is 8.29. The Balaban J connectivity index is 1.62. The molecule has 3 heterocycles. The van der Waals surface area contributed by atoms with Gasteiger partial charge >= 0.3 is 0 Å². The molecular weight excluding hydrogens is 390 g/mol. The molecule has 1 fully saturated rings. The first-order valence-electron chi connectivity index (χ1n) is 10.5. The zero-order valence-electron chi connectivity index (χ0n) is 18.6. The Morgan fingerprint density at radius 1 is 1.16 bits per heavy atom. The van der Waals surface area contributed by atoms with Crippen LogP contribution in [0, 0.1) is 0 Å². The minimum atomic E-state index is -0.188. The highest BCUT2D eigenvalue weighted by Gasteiger charge is 2.26. The van der Waals surface area contributed by atoms with Crippen molar-refractivity contribution >= 4 is 22.6 Å². The fraction of sp³-hybridized carbons (Fsp3) is 0.375. The molecule has 0 saturated carbocycles. The molecule has 0 N–H and O–H groups in total. The summed E-state index contributed by atoms with van der Waals surface area (Å²) in [5, 5.41) is 0.864. The number of rotatable bonds is 5. The van der Waals surface area contributed by atoms with Crippen LogP contribution in [0.15, 0.2) is 48.7 Å². The van der Waals surface area contributed by atoms with E-state index in [4.69, 9.17) is 9.72 Å². The number of amides is 1. The topological polar surface area (TPSA) is 61.8 Å². The largest absolute Gasteiger partial charge is 0.369 e. The van der Waals surface area contributed by atoms with Gasteiger partial charge in [0.25, 0.3) is 5.91 Å². The molecular formula is C24H29N5O2. The van der Waals surface area contributed by atoms with Crippen LogP contribution in [0.3, 0.4) is 0 Å². The van der Waals surface area contributed by atoms with E-state index in [1.54, 1.807) is 19.0 Å². The van der Waals surface area contributed by atoms with Gasteiger partial charge in [0.05, 0.1) is 23.4 Å². The van der Waals surface area contributed by atoms with E-state index in [9.17, 15) is 4.79 Å². The summed E-state index contributed by atoms with van der Waals surface area (Å²) < 4.78 is 6.10. The molecule has 162 valence electrons. The Morgan fingerprint density at radius 3 is 2.74 bits per heavy atom. The van der Waals surface area contributed by atoms with Gasteiger partial charge in [-0.2, -0.15) is 0 Å². The highest BCUT2D eigenvalue weighted by atomic mass is 16.5. The average molecular weight is 420 g/mol. The molecule has 0 bridgehead atoms. The number of anilines is 1. The monoisotopic (exact) mass is 419 g/mol. The Hall–Kier alpha value is -3.03. The molecule has 1 aliphatic heterocycles. The standard InChI is InChI=1S/C24H29N5O2/c1-27(2)23-17(8-7-11-25-23)15-29-12-13-31-22(16-29)21-14-19(24(30)28(3)4)18-9-5-6-10-20(18)26-21/h5-11,14,22H,12-13,15-16H2,1-4H3/t22-/m1/s1. The van der Waals surface area contributed by atoms with Gasteiger partial charge in [-0.15, -0.1) is 0 Å². The van der Waals surface area contributed by atoms with Crippen molar-refractivity contribution in [3.8, 4) is 0 Å². The minimum Gasteiger partial charge on any atom is -0.369 e. The van der Waals surface area contributed by atoms with Crippen LogP contribution in [0.2, 0.25) is 0 Å². The Labute approximate surface area is 183 Å². The first-order chi connectivity index (χ1) is 14.9. The lowest BCUT2D eigenvalue weighted by Gasteiger charge is -2.33. The fourth-order valence-electron chi connectivity index (χ4n) is 4.00. The van der Waals surface area contributed by atoms with Crippen LogP contribution in [0.5, 0.6) is 0 Å². The fourth-order valence-corrected chi connectivity index (χ4v) is 4.00. The Kier molecular flexibility index (Phi) is 6.15. The van der Waals surface area contributed by atoms with Crippen molar-refractivity contribution in [1.29, 1.82) is 0 Å². The van der Waals surface area contributed by atoms with Crippen molar-refractivity contribution < 1.29 is 9.53 Å². The van der Waals surface area contributed by atoms with Crippen molar-refractivity contribution in [3.05, 3.63) is 65.5 Å². The van der Waals surface area contributed by atoms with Gasteiger partial charge in [-0.1, -0.05) is 24.3 Å². The predicted molar refractivity (Wildman–Crippen MR) is 122 cm³/mol. The maximum atomic E-state index is 12.8. The van der Waals surface area contributed by atoms with Gasteiger partial charge in [-0.25, -0.2) is 9.97 Å². The lowest BCUT2D eigenvalue weighted by atomic mass is 10.0. The number of benzene rings is 1. The molecule has 7 nitrogen and oxygen atoms in total. The molecule has 0 spiro atoms. The van der Waals surface area contributed by atoms with Crippen molar-refractivity contribution in [2.75, 3.05) is 52.8 Å². The number of aromatic nitrogens is 2. The molecule has 31 heavy (non-hydrogen) atoms. The number of para-hydroxylation sites is 1. The molecule has 1 saturated heterocycles. The first kappa shape index (κ1) is 21.2. The van der Waals surface area contributed by atoms with Crippen LogP contribution < -0.4 is 4.90 Å². The summed E-state index contributed by atoms with van der Waals surface area (Å²) >= 11 is 0. The van der Waals surface area contributed by atoms with Gasteiger partial charge in [0.15, 0.2) is 0 Å². The number of ether oxygens (including phenoxy) is 1. The Morgan fingerprint density at radius 2 is 1.97 bits per heavy atom. The zero-order chi connectivity index (χ0) is 22.0. The number of carbonyl (C=O) groups excluding carboxylic acids is 1. The summed E-state index contributed by atoms with van der Waals surface area (Å²) in [5.74, 6) is 0.951. The van der Waals surface area contributed by atoms with Gasteiger partial charge in [0.2, 0.25) is 0 Å². The third-order valence-electron chi connectivity index (χ3n) is 5.54. The molecule has 0 aliphatic carbocycles. The highest BCUT2D eigenvalue weighted by molar-refractivity contribution is 6.06. The van der Waals surface area contributed by atoms with Crippen LogP contribution in [-0.2, 0) is 11.3 Å². The molecule has 2 aromatic heterocycles. The summed E-state index contributed by atoms with van der Waals surface area (Å²) in [7, 11) is 7.56. The third kappa shape index (κ3) is 4.52. The normalized spacial score (nSPS) is 17.0. The average Bonchev–Trinajstić information content (AvgIpc) is 2.78. The number of fused-ring (bicyclic) bond motifs is 1. The molecule has 0 unspecified atom stereocenters. The van der Waals surface area contributed by atoms with Crippen molar-refractivity contribution in [2.24, 2.45) is 0 Å². The predicted octanol–water partition coefficient (Wildman–Crippen LogP) is 2.97. The summed E-state index contributed by atoms with van der Waals surface area (Å²) in [5.41, 5.74) is 3.46. The van der Waals surface area contributed by atoms with E-state index in [0.29, 0.717) is 18.7 Å². The number of carbonyl (C=O) groups is 1. The van der Waals surface area contributed by atoms with Gasteiger partial charge in [0, 0.05) is 65.0 Å². The maximum Gasteiger partial charge on any atom is 0.254 e. The SMILES string of the molecule is CN(C)C(=O)c1cc([C@H]2CN(Cc3cccnc3N(C)C)CCO2)nc2ccccc12. The molecule has 1 amide bonds. The number of hydrogen-bond acceptors (Lipinski definition) is 6. The minimum absolute atomic E-state index is 0.0292. The molecule has 1 aliphatic rings. The van der Waals surface area contributed by atoms with Crippen LogP contribution >= 0.6 is 0 Å². The van der Waals surface area contributed by atoms with E-state index in [0.717, 1.165) is 35.5 Å². The highest BCUT2D eigenvalue weighted by Crippen LogP contribution is 2.28. The van der Waals surface area contributed by atoms with Crippen LogP contribution in [-0.4, -0.2) is 73.6 Å². The smallest absolute Gasteiger partial charge is 0.254 e. The summed E-state index contributed by atoms with van der Waals surface area (Å²) in [6.45, 7) is 2.96. The van der Waals surface area contributed by atoms with Crippen molar-refractivity contribution in [2.45, 2.75) is 12.6 Å². The van der Waals surface area contributed by atoms with Gasteiger partial charge in [-0.05, 0) is 18.2 Å². The lowest BCUT2D eigenvalue weighted by Crippen LogP contribution is -2.38. The number of hydrogen-bond donors (Lipinski definition) is 0. The molecule has 7 heteroatoms. The van der Waals surface area contributed by atoms with Gasteiger partial charge < -0.3 is 14.5 Å².